The van der Waals surface area contributed by atoms with Crippen LogP contribution in [-0.4, -0.2) is 23.3 Å². The monoisotopic (exact) mass is 345 g/mol. The molecule has 0 unspecified atom stereocenters. The SMILES string of the molecule is CCNC(=O)c1ccc(NC(=O)c2sc(C(C)C)nc2C)c(C)c1. The summed E-state index contributed by atoms with van der Waals surface area (Å²) in [4.78, 5) is 29.5. The molecule has 128 valence electrons. The molecule has 0 atom stereocenters. The normalized spacial score (nSPS) is 10.8. The second kappa shape index (κ2) is 7.57. The lowest BCUT2D eigenvalue weighted by Gasteiger charge is -2.10. The van der Waals surface area contributed by atoms with Crippen molar-refractivity contribution in [1.82, 2.24) is 10.3 Å². The Morgan fingerprint density at radius 3 is 2.46 bits per heavy atom. The average Bonchev–Trinajstić information content (AvgIpc) is 2.91. The van der Waals surface area contributed by atoms with Gasteiger partial charge in [-0.15, -0.1) is 11.3 Å². The van der Waals surface area contributed by atoms with E-state index in [9.17, 15) is 9.59 Å². The van der Waals surface area contributed by atoms with E-state index >= 15 is 0 Å². The van der Waals surface area contributed by atoms with Crippen molar-refractivity contribution in [3.05, 3.63) is 44.9 Å². The van der Waals surface area contributed by atoms with E-state index in [1.54, 1.807) is 18.2 Å². The predicted octanol–water partition coefficient (Wildman–Crippen LogP) is 3.89. The molecule has 1 aromatic carbocycles. The van der Waals surface area contributed by atoms with Crippen molar-refractivity contribution in [2.75, 3.05) is 11.9 Å². The highest BCUT2D eigenvalue weighted by Gasteiger charge is 2.18. The van der Waals surface area contributed by atoms with Crippen LogP contribution in [0.1, 0.15) is 63.0 Å². The zero-order chi connectivity index (χ0) is 17.9. The molecule has 24 heavy (non-hydrogen) atoms. The van der Waals surface area contributed by atoms with Crippen LogP contribution in [0.3, 0.4) is 0 Å². The molecule has 2 rings (SSSR count). The molecule has 1 heterocycles. The first-order valence-electron chi connectivity index (χ1n) is 8.01. The highest BCUT2D eigenvalue weighted by Crippen LogP contribution is 2.26. The van der Waals surface area contributed by atoms with Gasteiger partial charge in [-0.05, 0) is 44.5 Å². The molecule has 0 aliphatic rings. The summed E-state index contributed by atoms with van der Waals surface area (Å²) in [7, 11) is 0. The van der Waals surface area contributed by atoms with Gasteiger partial charge in [-0.25, -0.2) is 4.98 Å². The van der Waals surface area contributed by atoms with E-state index in [1.807, 2.05) is 20.8 Å². The summed E-state index contributed by atoms with van der Waals surface area (Å²) in [6, 6.07) is 5.25. The smallest absolute Gasteiger partial charge is 0.267 e. The van der Waals surface area contributed by atoms with Crippen molar-refractivity contribution in [1.29, 1.82) is 0 Å². The molecular weight excluding hydrogens is 322 g/mol. The summed E-state index contributed by atoms with van der Waals surface area (Å²) < 4.78 is 0. The fourth-order valence-corrected chi connectivity index (χ4v) is 3.23. The number of thiazole rings is 1. The minimum atomic E-state index is -0.161. The van der Waals surface area contributed by atoms with Gasteiger partial charge in [0.2, 0.25) is 0 Å². The third-order valence-corrected chi connectivity index (χ3v) is 5.04. The van der Waals surface area contributed by atoms with Gasteiger partial charge in [-0.3, -0.25) is 9.59 Å². The Balaban J connectivity index is 2.19. The number of nitrogens with one attached hydrogen (secondary N) is 2. The molecule has 0 aliphatic heterocycles. The maximum Gasteiger partial charge on any atom is 0.267 e. The molecule has 2 amide bonds. The van der Waals surface area contributed by atoms with Crippen molar-refractivity contribution in [3.8, 4) is 0 Å². The Hall–Kier alpha value is -2.21. The molecule has 2 N–H and O–H groups in total. The van der Waals surface area contributed by atoms with E-state index in [1.165, 1.54) is 11.3 Å². The Labute approximate surface area is 146 Å². The minimum absolute atomic E-state index is 0.113. The largest absolute Gasteiger partial charge is 0.352 e. The lowest BCUT2D eigenvalue weighted by molar-refractivity contribution is 0.0955. The Morgan fingerprint density at radius 1 is 1.21 bits per heavy atom. The molecule has 5 nitrogen and oxygen atoms in total. The van der Waals surface area contributed by atoms with Crippen LogP contribution in [0.2, 0.25) is 0 Å². The van der Waals surface area contributed by atoms with Crippen molar-refractivity contribution >= 4 is 28.8 Å². The van der Waals surface area contributed by atoms with Crippen molar-refractivity contribution in [2.24, 2.45) is 0 Å². The van der Waals surface area contributed by atoms with Crippen LogP contribution in [0.15, 0.2) is 18.2 Å². The van der Waals surface area contributed by atoms with Crippen molar-refractivity contribution < 1.29 is 9.59 Å². The molecule has 1 aromatic heterocycles. The van der Waals surface area contributed by atoms with Gasteiger partial charge in [-0.2, -0.15) is 0 Å². The summed E-state index contributed by atoms with van der Waals surface area (Å²) in [5, 5.41) is 6.64. The summed E-state index contributed by atoms with van der Waals surface area (Å²) in [6.45, 7) is 10.3. The maximum absolute atomic E-state index is 12.5. The number of carbonyl (C=O) groups excluding carboxylic acids is 2. The van der Waals surface area contributed by atoms with Gasteiger partial charge in [0.1, 0.15) is 4.88 Å². The Kier molecular flexibility index (Phi) is 5.72. The van der Waals surface area contributed by atoms with Crippen LogP contribution in [-0.2, 0) is 0 Å². The number of hydrogen-bond donors (Lipinski definition) is 2. The van der Waals surface area contributed by atoms with Gasteiger partial charge in [0.05, 0.1) is 10.7 Å². The number of rotatable bonds is 5. The lowest BCUT2D eigenvalue weighted by atomic mass is 10.1. The van der Waals surface area contributed by atoms with Gasteiger partial charge >= 0.3 is 0 Å². The fraction of sp³-hybridized carbons (Fsp3) is 0.389. The predicted molar refractivity (Wildman–Crippen MR) is 98.1 cm³/mol. The molecule has 0 saturated heterocycles. The Morgan fingerprint density at radius 2 is 1.92 bits per heavy atom. The molecule has 0 bridgehead atoms. The van der Waals surface area contributed by atoms with Crippen LogP contribution >= 0.6 is 11.3 Å². The molecule has 0 spiro atoms. The highest BCUT2D eigenvalue weighted by molar-refractivity contribution is 7.14. The standard InChI is InChI=1S/C18H23N3O2S/c1-6-19-16(22)13-7-8-14(11(4)9-13)21-17(23)15-12(5)20-18(24-15)10(2)3/h7-10H,6H2,1-5H3,(H,19,22)(H,21,23). The average molecular weight is 345 g/mol. The molecule has 0 fully saturated rings. The number of nitrogens with zero attached hydrogens (tertiary/aromatic N) is 1. The van der Waals surface area contributed by atoms with Crippen LogP contribution in [0.5, 0.6) is 0 Å². The number of aromatic nitrogens is 1. The maximum atomic E-state index is 12.5. The van der Waals surface area contributed by atoms with E-state index < -0.39 is 0 Å². The van der Waals surface area contributed by atoms with Gasteiger partial charge in [0.15, 0.2) is 0 Å². The first-order chi connectivity index (χ1) is 11.3. The van der Waals surface area contributed by atoms with E-state index in [2.05, 4.69) is 29.5 Å². The molecule has 0 radical (unpaired) electrons. The van der Waals surface area contributed by atoms with Crippen LogP contribution in [0.4, 0.5) is 5.69 Å². The van der Waals surface area contributed by atoms with Crippen LogP contribution < -0.4 is 10.6 Å². The molecule has 6 heteroatoms. The topological polar surface area (TPSA) is 71.1 Å². The quantitative estimate of drug-likeness (QED) is 0.864. The number of carbonyl (C=O) groups is 2. The summed E-state index contributed by atoms with van der Waals surface area (Å²) in [5.41, 5.74) is 2.88. The molecule has 0 saturated carbocycles. The zero-order valence-corrected chi connectivity index (χ0v) is 15.5. The minimum Gasteiger partial charge on any atom is -0.352 e. The first kappa shape index (κ1) is 18.1. The third-order valence-electron chi connectivity index (χ3n) is 3.59. The van der Waals surface area contributed by atoms with E-state index in [4.69, 9.17) is 0 Å². The van der Waals surface area contributed by atoms with Gasteiger partial charge in [0, 0.05) is 23.7 Å². The van der Waals surface area contributed by atoms with Crippen LogP contribution in [0, 0.1) is 13.8 Å². The first-order valence-corrected chi connectivity index (χ1v) is 8.82. The highest BCUT2D eigenvalue weighted by atomic mass is 32.1. The van der Waals surface area contributed by atoms with Gasteiger partial charge in [0.25, 0.3) is 11.8 Å². The molecule has 0 aliphatic carbocycles. The second-order valence-electron chi connectivity index (χ2n) is 5.96. The Bertz CT molecular complexity index is 766. The van der Waals surface area contributed by atoms with E-state index in [0.29, 0.717) is 28.6 Å². The van der Waals surface area contributed by atoms with Crippen LogP contribution in [0.25, 0.3) is 0 Å². The lowest BCUT2D eigenvalue weighted by Crippen LogP contribution is -2.22. The summed E-state index contributed by atoms with van der Waals surface area (Å²) in [6.07, 6.45) is 0. The fourth-order valence-electron chi connectivity index (χ4n) is 2.26. The second-order valence-corrected chi connectivity index (χ2v) is 7.00. The zero-order valence-electron chi connectivity index (χ0n) is 14.7. The number of amides is 2. The van der Waals surface area contributed by atoms with Gasteiger partial charge < -0.3 is 10.6 Å². The number of anilines is 1. The molecular formula is C18H23N3O2S. The van der Waals surface area contributed by atoms with Gasteiger partial charge in [-0.1, -0.05) is 13.8 Å². The summed E-state index contributed by atoms with van der Waals surface area (Å²) >= 11 is 1.43. The number of benzene rings is 1. The van der Waals surface area contributed by atoms with Crippen molar-refractivity contribution in [3.63, 3.8) is 0 Å². The third kappa shape index (κ3) is 4.00. The summed E-state index contributed by atoms with van der Waals surface area (Å²) in [5.74, 6) is 0.0254. The number of aryl methyl sites for hydroxylation is 2. The van der Waals surface area contributed by atoms with Crippen molar-refractivity contribution in [2.45, 2.75) is 40.5 Å². The van der Waals surface area contributed by atoms with E-state index in [-0.39, 0.29) is 11.8 Å². The van der Waals surface area contributed by atoms with E-state index in [0.717, 1.165) is 16.3 Å². The number of hydrogen-bond acceptors (Lipinski definition) is 4. The molecule has 2 aromatic rings.